The van der Waals surface area contributed by atoms with Crippen LogP contribution in [0.25, 0.3) is 0 Å². The summed E-state index contributed by atoms with van der Waals surface area (Å²) in [6.07, 6.45) is 0. The molecule has 0 amide bonds. The number of hydrogen-bond donors (Lipinski definition) is 0. The summed E-state index contributed by atoms with van der Waals surface area (Å²) < 4.78 is 15.6. The van der Waals surface area contributed by atoms with E-state index >= 15 is 0 Å². The first-order valence-corrected chi connectivity index (χ1v) is 6.47. The molecule has 1 heterocycles. The SMILES string of the molecule is Cc1nn(Cc2cccc(Cl)c2F)c(C)c1CCl. The highest BCUT2D eigenvalue weighted by Crippen LogP contribution is 2.21. The molecule has 2 nitrogen and oxygen atoms in total. The fraction of sp³-hybridized carbons (Fsp3) is 0.308. The lowest BCUT2D eigenvalue weighted by molar-refractivity contribution is 0.579. The largest absolute Gasteiger partial charge is 0.265 e. The highest BCUT2D eigenvalue weighted by molar-refractivity contribution is 6.30. The first-order chi connectivity index (χ1) is 8.54. The standard InChI is InChI=1S/C13H13Cl2FN2/c1-8-11(6-14)9(2)18(17-8)7-10-4-3-5-12(15)13(10)16/h3-5H,6-7H2,1-2H3. The average Bonchev–Trinajstić information content (AvgIpc) is 2.60. The van der Waals surface area contributed by atoms with E-state index in [-0.39, 0.29) is 10.8 Å². The predicted octanol–water partition coefficient (Wildman–Crippen LogP) is 4.08. The van der Waals surface area contributed by atoms with Gasteiger partial charge in [-0.3, -0.25) is 4.68 Å². The molecular weight excluding hydrogens is 274 g/mol. The van der Waals surface area contributed by atoms with Gasteiger partial charge in [-0.1, -0.05) is 23.7 Å². The van der Waals surface area contributed by atoms with Crippen molar-refractivity contribution in [2.75, 3.05) is 0 Å². The maximum Gasteiger partial charge on any atom is 0.146 e. The van der Waals surface area contributed by atoms with E-state index in [0.29, 0.717) is 18.0 Å². The molecule has 0 bridgehead atoms. The Bertz CT molecular complexity index is 579. The number of nitrogens with zero attached hydrogens (tertiary/aromatic N) is 2. The molecule has 0 N–H and O–H groups in total. The first-order valence-electron chi connectivity index (χ1n) is 5.56. The third kappa shape index (κ3) is 2.38. The highest BCUT2D eigenvalue weighted by Gasteiger charge is 2.13. The molecule has 0 atom stereocenters. The Morgan fingerprint density at radius 3 is 2.67 bits per heavy atom. The fourth-order valence-corrected chi connectivity index (χ4v) is 2.49. The number of aromatic nitrogens is 2. The number of hydrogen-bond acceptors (Lipinski definition) is 1. The van der Waals surface area contributed by atoms with Crippen LogP contribution in [0, 0.1) is 19.7 Å². The summed E-state index contributed by atoms with van der Waals surface area (Å²) in [5, 5.41) is 4.50. The molecule has 1 aromatic heterocycles. The number of benzene rings is 1. The third-order valence-electron chi connectivity index (χ3n) is 3.02. The summed E-state index contributed by atoms with van der Waals surface area (Å²) in [5.74, 6) is 0.0227. The molecule has 0 aliphatic heterocycles. The molecule has 0 fully saturated rings. The van der Waals surface area contributed by atoms with E-state index < -0.39 is 0 Å². The van der Waals surface area contributed by atoms with Crippen molar-refractivity contribution in [1.82, 2.24) is 9.78 Å². The Morgan fingerprint density at radius 2 is 2.06 bits per heavy atom. The van der Waals surface area contributed by atoms with Crippen LogP contribution in [0.3, 0.4) is 0 Å². The van der Waals surface area contributed by atoms with Gasteiger partial charge in [0.25, 0.3) is 0 Å². The lowest BCUT2D eigenvalue weighted by atomic mass is 10.2. The van der Waals surface area contributed by atoms with E-state index in [0.717, 1.165) is 17.0 Å². The normalized spacial score (nSPS) is 10.9. The zero-order chi connectivity index (χ0) is 13.3. The van der Waals surface area contributed by atoms with Crippen LogP contribution < -0.4 is 0 Å². The van der Waals surface area contributed by atoms with Crippen LogP contribution >= 0.6 is 23.2 Å². The first kappa shape index (κ1) is 13.4. The van der Waals surface area contributed by atoms with Crippen molar-refractivity contribution in [2.24, 2.45) is 0 Å². The minimum atomic E-state index is -0.390. The number of aryl methyl sites for hydroxylation is 1. The van der Waals surface area contributed by atoms with Crippen molar-refractivity contribution >= 4 is 23.2 Å². The van der Waals surface area contributed by atoms with Gasteiger partial charge in [-0.05, 0) is 19.9 Å². The van der Waals surface area contributed by atoms with E-state index in [2.05, 4.69) is 5.10 Å². The van der Waals surface area contributed by atoms with E-state index in [1.54, 1.807) is 16.8 Å². The fourth-order valence-electron chi connectivity index (χ4n) is 1.91. The Hall–Kier alpha value is -1.06. The van der Waals surface area contributed by atoms with Gasteiger partial charge >= 0.3 is 0 Å². The van der Waals surface area contributed by atoms with Gasteiger partial charge in [0, 0.05) is 16.8 Å². The van der Waals surface area contributed by atoms with Crippen molar-refractivity contribution in [3.05, 3.63) is 51.6 Å². The Labute approximate surface area is 115 Å². The molecule has 0 aliphatic rings. The van der Waals surface area contributed by atoms with Gasteiger partial charge in [-0.2, -0.15) is 5.10 Å². The zero-order valence-electron chi connectivity index (χ0n) is 10.2. The molecule has 18 heavy (non-hydrogen) atoms. The maximum absolute atomic E-state index is 13.8. The lowest BCUT2D eigenvalue weighted by Crippen LogP contribution is -2.06. The summed E-state index contributed by atoms with van der Waals surface area (Å²) in [6.45, 7) is 4.19. The van der Waals surface area contributed by atoms with Crippen molar-refractivity contribution in [2.45, 2.75) is 26.3 Å². The van der Waals surface area contributed by atoms with Crippen molar-refractivity contribution in [3.8, 4) is 0 Å². The summed E-state index contributed by atoms with van der Waals surface area (Å²) >= 11 is 11.6. The van der Waals surface area contributed by atoms with Gasteiger partial charge in [0.1, 0.15) is 5.82 Å². The quantitative estimate of drug-likeness (QED) is 0.778. The van der Waals surface area contributed by atoms with Gasteiger partial charge in [-0.15, -0.1) is 11.6 Å². The summed E-state index contributed by atoms with van der Waals surface area (Å²) in [4.78, 5) is 0. The minimum Gasteiger partial charge on any atom is -0.265 e. The van der Waals surface area contributed by atoms with E-state index in [1.165, 1.54) is 6.07 Å². The summed E-state index contributed by atoms with van der Waals surface area (Å²) in [6, 6.07) is 4.97. The molecule has 2 aromatic rings. The molecule has 96 valence electrons. The van der Waals surface area contributed by atoms with Gasteiger partial charge in [-0.25, -0.2) is 4.39 Å². The average molecular weight is 287 g/mol. The van der Waals surface area contributed by atoms with Crippen molar-refractivity contribution in [1.29, 1.82) is 0 Å². The van der Waals surface area contributed by atoms with E-state index in [1.807, 2.05) is 13.8 Å². The molecule has 5 heteroatoms. The lowest BCUT2D eigenvalue weighted by Gasteiger charge is -2.07. The van der Waals surface area contributed by atoms with Crippen molar-refractivity contribution in [3.63, 3.8) is 0 Å². The highest BCUT2D eigenvalue weighted by atomic mass is 35.5. The summed E-state index contributed by atoms with van der Waals surface area (Å²) in [5.41, 5.74) is 3.36. The number of halogens is 3. The van der Waals surface area contributed by atoms with Crippen LogP contribution in [0.4, 0.5) is 4.39 Å². The summed E-state index contributed by atoms with van der Waals surface area (Å²) in [7, 11) is 0. The second-order valence-electron chi connectivity index (χ2n) is 4.15. The topological polar surface area (TPSA) is 17.8 Å². The van der Waals surface area contributed by atoms with Crippen molar-refractivity contribution < 1.29 is 4.39 Å². The van der Waals surface area contributed by atoms with Crippen LogP contribution in [0.1, 0.15) is 22.5 Å². The van der Waals surface area contributed by atoms with Crippen LogP contribution in [0.5, 0.6) is 0 Å². The molecular formula is C13H13Cl2FN2. The molecule has 0 aliphatic carbocycles. The van der Waals surface area contributed by atoms with Gasteiger partial charge < -0.3 is 0 Å². The van der Waals surface area contributed by atoms with Gasteiger partial charge in [0.2, 0.25) is 0 Å². The second-order valence-corrected chi connectivity index (χ2v) is 4.83. The zero-order valence-corrected chi connectivity index (χ0v) is 11.7. The minimum absolute atomic E-state index is 0.131. The molecule has 0 saturated heterocycles. The molecule has 0 saturated carbocycles. The van der Waals surface area contributed by atoms with Crippen LogP contribution in [-0.2, 0) is 12.4 Å². The smallest absolute Gasteiger partial charge is 0.146 e. The molecule has 0 spiro atoms. The van der Waals surface area contributed by atoms with Gasteiger partial charge in [0.05, 0.1) is 23.1 Å². The number of alkyl halides is 1. The van der Waals surface area contributed by atoms with E-state index in [4.69, 9.17) is 23.2 Å². The Morgan fingerprint density at radius 1 is 1.33 bits per heavy atom. The van der Waals surface area contributed by atoms with Crippen LogP contribution in [-0.4, -0.2) is 9.78 Å². The number of rotatable bonds is 3. The van der Waals surface area contributed by atoms with E-state index in [9.17, 15) is 4.39 Å². The maximum atomic E-state index is 13.8. The Kier molecular flexibility index (Phi) is 3.93. The molecule has 0 unspecified atom stereocenters. The molecule has 0 radical (unpaired) electrons. The van der Waals surface area contributed by atoms with Crippen LogP contribution in [0.2, 0.25) is 5.02 Å². The predicted molar refractivity (Wildman–Crippen MR) is 71.8 cm³/mol. The second kappa shape index (κ2) is 5.29. The van der Waals surface area contributed by atoms with Crippen LogP contribution in [0.15, 0.2) is 18.2 Å². The monoisotopic (exact) mass is 286 g/mol. The third-order valence-corrected chi connectivity index (χ3v) is 3.58. The Balaban J connectivity index is 2.37. The molecule has 1 aromatic carbocycles. The van der Waals surface area contributed by atoms with Gasteiger partial charge in [0.15, 0.2) is 0 Å². The molecule has 2 rings (SSSR count).